The van der Waals surface area contributed by atoms with Gasteiger partial charge in [-0.2, -0.15) is 4.98 Å². The van der Waals surface area contributed by atoms with E-state index in [1.165, 1.54) is 11.6 Å². The van der Waals surface area contributed by atoms with Crippen molar-refractivity contribution in [3.8, 4) is 11.5 Å². The molecular weight excluding hydrogens is 436 g/mol. The number of fused-ring (bicyclic) bond motifs is 3. The molecule has 4 aromatic rings. The first-order valence-corrected chi connectivity index (χ1v) is 10.9. The Kier molecular flexibility index (Phi) is 5.20. The highest BCUT2D eigenvalue weighted by Gasteiger charge is 2.30. The van der Waals surface area contributed by atoms with E-state index in [1.54, 1.807) is 0 Å². The van der Waals surface area contributed by atoms with Crippen molar-refractivity contribution >= 4 is 28.7 Å². The average molecular weight is 460 g/mol. The molecule has 1 aliphatic heterocycles. The molecular formula is C24H24N6O4. The Balaban J connectivity index is 1.58. The molecule has 0 spiro atoms. The molecule has 1 amide bonds. The second-order valence-electron chi connectivity index (χ2n) is 8.52. The lowest BCUT2D eigenvalue weighted by atomic mass is 10.1. The van der Waals surface area contributed by atoms with Crippen LogP contribution in [0.3, 0.4) is 0 Å². The SMILES string of the molecule is C[C@@H]1CN(c2ccc(Oc3ccccc3)cc2)c2nc3c(c(=O)n(CC(N)=O)c(=O)n3C)n2C1. The molecule has 0 radical (unpaired) electrons. The van der Waals surface area contributed by atoms with Crippen LogP contribution in [-0.2, 0) is 24.9 Å². The van der Waals surface area contributed by atoms with E-state index in [1.807, 2.05) is 64.1 Å². The van der Waals surface area contributed by atoms with Crippen LogP contribution in [0, 0.1) is 5.92 Å². The van der Waals surface area contributed by atoms with Crippen molar-refractivity contribution in [3.63, 3.8) is 0 Å². The van der Waals surface area contributed by atoms with Gasteiger partial charge in [0.25, 0.3) is 5.56 Å². The smallest absolute Gasteiger partial charge is 0.332 e. The predicted molar refractivity (Wildman–Crippen MR) is 128 cm³/mol. The number of hydrogen-bond acceptors (Lipinski definition) is 6. The Bertz CT molecular complexity index is 1500. The molecule has 10 nitrogen and oxygen atoms in total. The molecule has 0 aliphatic carbocycles. The number of ether oxygens (including phenoxy) is 1. The average Bonchev–Trinajstić information content (AvgIpc) is 3.20. The summed E-state index contributed by atoms with van der Waals surface area (Å²) in [6.45, 7) is 2.84. The lowest BCUT2D eigenvalue weighted by Crippen LogP contribution is -2.43. The number of aromatic nitrogens is 4. The number of primary amides is 1. The number of hydrogen-bond donors (Lipinski definition) is 1. The van der Waals surface area contributed by atoms with Gasteiger partial charge >= 0.3 is 5.69 Å². The van der Waals surface area contributed by atoms with Crippen LogP contribution in [-0.4, -0.2) is 31.1 Å². The van der Waals surface area contributed by atoms with Gasteiger partial charge in [-0.1, -0.05) is 25.1 Å². The number of rotatable bonds is 5. The first-order valence-electron chi connectivity index (χ1n) is 10.9. The van der Waals surface area contributed by atoms with Crippen LogP contribution in [0.5, 0.6) is 11.5 Å². The van der Waals surface area contributed by atoms with Crippen LogP contribution >= 0.6 is 0 Å². The van der Waals surface area contributed by atoms with Crippen molar-refractivity contribution in [2.75, 3.05) is 11.4 Å². The third-order valence-corrected chi connectivity index (χ3v) is 5.88. The molecule has 34 heavy (non-hydrogen) atoms. The number of aryl methyl sites for hydroxylation is 1. The summed E-state index contributed by atoms with van der Waals surface area (Å²) >= 11 is 0. The Labute approximate surface area is 194 Å². The minimum atomic E-state index is -0.760. The van der Waals surface area contributed by atoms with Gasteiger partial charge in [0, 0.05) is 25.8 Å². The van der Waals surface area contributed by atoms with Gasteiger partial charge < -0.3 is 19.9 Å². The van der Waals surface area contributed by atoms with Gasteiger partial charge in [0.2, 0.25) is 11.9 Å². The summed E-state index contributed by atoms with van der Waals surface area (Å²) in [5.74, 6) is 1.45. The molecule has 1 atom stereocenters. The Morgan fingerprint density at radius 3 is 2.41 bits per heavy atom. The number of anilines is 2. The van der Waals surface area contributed by atoms with Gasteiger partial charge in [0.1, 0.15) is 18.0 Å². The summed E-state index contributed by atoms with van der Waals surface area (Å²) in [5.41, 5.74) is 5.49. The van der Waals surface area contributed by atoms with E-state index in [9.17, 15) is 14.4 Å². The zero-order valence-corrected chi connectivity index (χ0v) is 18.8. The molecule has 0 saturated heterocycles. The highest BCUT2D eigenvalue weighted by molar-refractivity contribution is 5.78. The Morgan fingerprint density at radius 1 is 1.06 bits per heavy atom. The van der Waals surface area contributed by atoms with E-state index in [4.69, 9.17) is 10.5 Å². The molecule has 0 saturated carbocycles. The van der Waals surface area contributed by atoms with Crippen molar-refractivity contribution < 1.29 is 9.53 Å². The number of carbonyl (C=O) groups excluding carboxylic acids is 1. The van der Waals surface area contributed by atoms with E-state index in [0.29, 0.717) is 24.8 Å². The second kappa shape index (κ2) is 8.22. The number of para-hydroxylation sites is 1. The minimum absolute atomic E-state index is 0.200. The summed E-state index contributed by atoms with van der Waals surface area (Å²) in [7, 11) is 1.53. The molecule has 5 rings (SSSR count). The summed E-state index contributed by atoms with van der Waals surface area (Å²) in [6, 6.07) is 17.2. The first kappa shape index (κ1) is 21.5. The van der Waals surface area contributed by atoms with Gasteiger partial charge in [-0.3, -0.25) is 14.2 Å². The van der Waals surface area contributed by atoms with E-state index < -0.39 is 23.7 Å². The molecule has 10 heteroatoms. The molecule has 2 aromatic heterocycles. The lowest BCUT2D eigenvalue weighted by molar-refractivity contribution is -0.118. The summed E-state index contributed by atoms with van der Waals surface area (Å²) in [6.07, 6.45) is 0. The van der Waals surface area contributed by atoms with Gasteiger partial charge in [0.15, 0.2) is 11.2 Å². The van der Waals surface area contributed by atoms with E-state index in [0.717, 1.165) is 16.0 Å². The number of nitrogens with zero attached hydrogens (tertiary/aromatic N) is 5. The highest BCUT2D eigenvalue weighted by atomic mass is 16.5. The highest BCUT2D eigenvalue weighted by Crippen LogP contribution is 2.34. The van der Waals surface area contributed by atoms with E-state index in [-0.39, 0.29) is 17.1 Å². The topological polar surface area (TPSA) is 117 Å². The largest absolute Gasteiger partial charge is 0.457 e. The zero-order valence-electron chi connectivity index (χ0n) is 18.8. The fourth-order valence-electron chi connectivity index (χ4n) is 4.34. The van der Waals surface area contributed by atoms with Crippen molar-refractivity contribution in [1.29, 1.82) is 0 Å². The molecule has 1 aliphatic rings. The summed E-state index contributed by atoms with van der Waals surface area (Å²) < 4.78 is 9.85. The number of amides is 1. The Hall–Kier alpha value is -4.34. The van der Waals surface area contributed by atoms with Gasteiger partial charge in [0.05, 0.1) is 0 Å². The third kappa shape index (κ3) is 3.62. The molecule has 2 aromatic carbocycles. The van der Waals surface area contributed by atoms with Crippen molar-refractivity contribution in [3.05, 3.63) is 75.4 Å². The van der Waals surface area contributed by atoms with E-state index in [2.05, 4.69) is 11.9 Å². The lowest BCUT2D eigenvalue weighted by Gasteiger charge is -2.33. The number of imidazole rings is 1. The molecule has 174 valence electrons. The number of benzene rings is 2. The number of nitrogens with two attached hydrogens (primary N) is 1. The Morgan fingerprint density at radius 2 is 1.74 bits per heavy atom. The maximum atomic E-state index is 13.2. The van der Waals surface area contributed by atoms with Crippen LogP contribution in [0.25, 0.3) is 11.2 Å². The summed E-state index contributed by atoms with van der Waals surface area (Å²) in [4.78, 5) is 44.0. The molecule has 0 unspecified atom stereocenters. The monoisotopic (exact) mass is 460 g/mol. The van der Waals surface area contributed by atoms with Crippen molar-refractivity contribution in [1.82, 2.24) is 18.7 Å². The maximum absolute atomic E-state index is 13.2. The minimum Gasteiger partial charge on any atom is -0.457 e. The fraction of sp³-hybridized carbons (Fsp3) is 0.250. The van der Waals surface area contributed by atoms with Crippen LogP contribution in [0.15, 0.2) is 64.2 Å². The van der Waals surface area contributed by atoms with Crippen molar-refractivity contribution in [2.45, 2.75) is 20.0 Å². The van der Waals surface area contributed by atoms with Crippen LogP contribution in [0.1, 0.15) is 6.92 Å². The summed E-state index contributed by atoms with van der Waals surface area (Å²) in [5, 5.41) is 0. The standard InChI is InChI=1S/C24H24N6O4/c1-15-12-28(16-8-10-18(11-9-16)34-17-6-4-3-5-7-17)23-26-21-20(29(23)13-15)22(32)30(14-19(25)31)24(33)27(21)2/h3-11,15H,12-14H2,1-2H3,(H2,25,31)/t15-/m1/s1. The van der Waals surface area contributed by atoms with E-state index >= 15 is 0 Å². The first-order chi connectivity index (χ1) is 16.3. The maximum Gasteiger partial charge on any atom is 0.332 e. The third-order valence-electron chi connectivity index (χ3n) is 5.88. The van der Waals surface area contributed by atoms with Gasteiger partial charge in [-0.25, -0.2) is 9.36 Å². The van der Waals surface area contributed by atoms with Gasteiger partial charge in [-0.15, -0.1) is 0 Å². The zero-order chi connectivity index (χ0) is 24.0. The molecule has 0 fully saturated rings. The predicted octanol–water partition coefficient (Wildman–Crippen LogP) is 1.96. The van der Waals surface area contributed by atoms with Crippen LogP contribution in [0.4, 0.5) is 11.6 Å². The quantitative estimate of drug-likeness (QED) is 0.487. The van der Waals surface area contributed by atoms with Crippen molar-refractivity contribution in [2.24, 2.45) is 18.7 Å². The van der Waals surface area contributed by atoms with Crippen LogP contribution < -0.4 is 26.6 Å². The van der Waals surface area contributed by atoms with Gasteiger partial charge in [-0.05, 0) is 42.3 Å². The fourth-order valence-corrected chi connectivity index (χ4v) is 4.34. The molecule has 3 heterocycles. The normalized spacial score (nSPS) is 15.4. The molecule has 2 N–H and O–H groups in total. The molecule has 0 bridgehead atoms. The van der Waals surface area contributed by atoms with Crippen LogP contribution in [0.2, 0.25) is 0 Å². The second-order valence-corrected chi connectivity index (χ2v) is 8.52. The number of carbonyl (C=O) groups is 1.